The molecule has 7 heteroatoms. The molecule has 0 bridgehead atoms. The first kappa shape index (κ1) is 12.9. The van der Waals surface area contributed by atoms with Crippen molar-refractivity contribution in [2.75, 3.05) is 19.5 Å². The molecule has 7 nitrogen and oxygen atoms in total. The predicted octanol–water partition coefficient (Wildman–Crippen LogP) is 1.38. The van der Waals surface area contributed by atoms with Gasteiger partial charge in [-0.25, -0.2) is 4.98 Å². The summed E-state index contributed by atoms with van der Waals surface area (Å²) in [6.45, 7) is 1.86. The van der Waals surface area contributed by atoms with Gasteiger partial charge in [-0.2, -0.15) is 5.10 Å². The number of rotatable bonds is 4. The van der Waals surface area contributed by atoms with Crippen LogP contribution in [0.3, 0.4) is 0 Å². The molecule has 0 saturated carbocycles. The molecule has 100 valence electrons. The molecule has 0 radical (unpaired) electrons. The van der Waals surface area contributed by atoms with Gasteiger partial charge in [0.05, 0.1) is 14.2 Å². The second-order valence-corrected chi connectivity index (χ2v) is 3.81. The fourth-order valence-corrected chi connectivity index (χ4v) is 1.61. The minimum Gasteiger partial charge on any atom is -0.493 e. The lowest BCUT2D eigenvalue weighted by atomic mass is 10.1. The maximum absolute atomic E-state index is 11.9. The zero-order valence-corrected chi connectivity index (χ0v) is 10.9. The number of aromatic nitrogens is 3. The van der Waals surface area contributed by atoms with Crippen molar-refractivity contribution in [1.82, 2.24) is 15.2 Å². The van der Waals surface area contributed by atoms with Crippen LogP contribution >= 0.6 is 0 Å². The molecular formula is C12H14N4O3. The van der Waals surface area contributed by atoms with E-state index in [1.165, 1.54) is 13.4 Å². The van der Waals surface area contributed by atoms with Crippen LogP contribution in [0.15, 0.2) is 18.5 Å². The standard InChI is InChI=1S/C12H14N4O3/c1-7-4-9(18-2)10(19-3)5-8(7)15-12(17)11-13-6-14-16-11/h4-6H,1-3H3,(H,15,17)(H,13,14,16). The maximum atomic E-state index is 11.9. The third kappa shape index (κ3) is 2.65. The second-order valence-electron chi connectivity index (χ2n) is 3.81. The fraction of sp³-hybridized carbons (Fsp3) is 0.250. The molecule has 0 aliphatic heterocycles. The van der Waals surface area contributed by atoms with E-state index in [4.69, 9.17) is 9.47 Å². The Morgan fingerprint density at radius 3 is 2.53 bits per heavy atom. The van der Waals surface area contributed by atoms with E-state index < -0.39 is 0 Å². The number of hydrogen-bond acceptors (Lipinski definition) is 5. The number of aryl methyl sites for hydroxylation is 1. The molecule has 1 aromatic carbocycles. The van der Waals surface area contributed by atoms with Crippen molar-refractivity contribution in [1.29, 1.82) is 0 Å². The Bertz CT molecular complexity index is 581. The normalized spacial score (nSPS) is 10.1. The number of carbonyl (C=O) groups is 1. The summed E-state index contributed by atoms with van der Waals surface area (Å²) >= 11 is 0. The van der Waals surface area contributed by atoms with Gasteiger partial charge in [0.1, 0.15) is 6.33 Å². The number of amides is 1. The summed E-state index contributed by atoms with van der Waals surface area (Å²) in [6.07, 6.45) is 1.27. The number of nitrogens with one attached hydrogen (secondary N) is 2. The third-order valence-electron chi connectivity index (χ3n) is 2.61. The van der Waals surface area contributed by atoms with Crippen molar-refractivity contribution in [2.24, 2.45) is 0 Å². The molecule has 0 aliphatic carbocycles. The summed E-state index contributed by atoms with van der Waals surface area (Å²) in [5, 5.41) is 8.86. The molecule has 0 atom stereocenters. The van der Waals surface area contributed by atoms with Gasteiger partial charge in [0, 0.05) is 11.8 Å². The van der Waals surface area contributed by atoms with Crippen LogP contribution in [0.2, 0.25) is 0 Å². The molecule has 0 fully saturated rings. The minimum atomic E-state index is -0.368. The van der Waals surface area contributed by atoms with E-state index in [1.807, 2.05) is 6.92 Å². The van der Waals surface area contributed by atoms with Gasteiger partial charge in [-0.3, -0.25) is 9.89 Å². The third-order valence-corrected chi connectivity index (χ3v) is 2.61. The van der Waals surface area contributed by atoms with Crippen LogP contribution in [0.1, 0.15) is 16.2 Å². The Kier molecular flexibility index (Phi) is 3.65. The van der Waals surface area contributed by atoms with Crippen molar-refractivity contribution in [3.63, 3.8) is 0 Å². The molecule has 2 N–H and O–H groups in total. The monoisotopic (exact) mass is 262 g/mol. The first-order chi connectivity index (χ1) is 9.15. The van der Waals surface area contributed by atoms with Gasteiger partial charge in [-0.1, -0.05) is 0 Å². The fourth-order valence-electron chi connectivity index (χ4n) is 1.61. The van der Waals surface area contributed by atoms with Gasteiger partial charge >= 0.3 is 0 Å². The van der Waals surface area contributed by atoms with Gasteiger partial charge < -0.3 is 14.8 Å². The Morgan fingerprint density at radius 1 is 1.26 bits per heavy atom. The van der Waals surface area contributed by atoms with E-state index in [0.29, 0.717) is 17.2 Å². The summed E-state index contributed by atoms with van der Waals surface area (Å²) < 4.78 is 10.4. The first-order valence-electron chi connectivity index (χ1n) is 5.55. The van der Waals surface area contributed by atoms with Gasteiger partial charge in [0.25, 0.3) is 5.91 Å². The van der Waals surface area contributed by atoms with Crippen LogP contribution in [0.5, 0.6) is 11.5 Å². The Labute approximate surface area is 110 Å². The summed E-state index contributed by atoms with van der Waals surface area (Å²) in [4.78, 5) is 15.6. The predicted molar refractivity (Wildman–Crippen MR) is 68.6 cm³/mol. The van der Waals surface area contributed by atoms with Crippen LogP contribution in [0.4, 0.5) is 5.69 Å². The molecule has 0 unspecified atom stereocenters. The van der Waals surface area contributed by atoms with Gasteiger partial charge in [-0.15, -0.1) is 0 Å². The Balaban J connectivity index is 2.28. The Morgan fingerprint density at radius 2 is 1.95 bits per heavy atom. The largest absolute Gasteiger partial charge is 0.493 e. The molecule has 2 rings (SSSR count). The molecule has 0 saturated heterocycles. The number of anilines is 1. The first-order valence-corrected chi connectivity index (χ1v) is 5.55. The summed E-state index contributed by atoms with van der Waals surface area (Å²) in [5.74, 6) is 0.931. The lowest BCUT2D eigenvalue weighted by molar-refractivity contribution is 0.101. The minimum absolute atomic E-state index is 0.147. The van der Waals surface area contributed by atoms with E-state index in [9.17, 15) is 4.79 Å². The van der Waals surface area contributed by atoms with Crippen LogP contribution < -0.4 is 14.8 Å². The lowest BCUT2D eigenvalue weighted by Crippen LogP contribution is -2.14. The van der Waals surface area contributed by atoms with Crippen LogP contribution in [0.25, 0.3) is 0 Å². The summed E-state index contributed by atoms with van der Waals surface area (Å²) in [5.41, 5.74) is 1.48. The topological polar surface area (TPSA) is 89.1 Å². The van der Waals surface area contributed by atoms with E-state index in [2.05, 4.69) is 20.5 Å². The van der Waals surface area contributed by atoms with E-state index in [-0.39, 0.29) is 11.7 Å². The van der Waals surface area contributed by atoms with Crippen molar-refractivity contribution >= 4 is 11.6 Å². The van der Waals surface area contributed by atoms with Crippen molar-refractivity contribution in [3.8, 4) is 11.5 Å². The average molecular weight is 262 g/mol. The highest BCUT2D eigenvalue weighted by molar-refractivity contribution is 6.02. The zero-order valence-electron chi connectivity index (χ0n) is 10.9. The number of H-pyrrole nitrogens is 1. The Hall–Kier alpha value is -2.57. The van der Waals surface area contributed by atoms with E-state index in [0.717, 1.165) is 5.56 Å². The number of carbonyl (C=O) groups excluding carboxylic acids is 1. The quantitative estimate of drug-likeness (QED) is 0.869. The van der Waals surface area contributed by atoms with Crippen LogP contribution in [-0.2, 0) is 0 Å². The zero-order chi connectivity index (χ0) is 13.8. The number of nitrogens with zero attached hydrogens (tertiary/aromatic N) is 2. The van der Waals surface area contributed by atoms with E-state index in [1.54, 1.807) is 19.2 Å². The highest BCUT2D eigenvalue weighted by atomic mass is 16.5. The second kappa shape index (κ2) is 5.38. The van der Waals surface area contributed by atoms with Crippen molar-refractivity contribution in [2.45, 2.75) is 6.92 Å². The summed E-state index contributed by atoms with van der Waals surface area (Å²) in [6, 6.07) is 3.48. The highest BCUT2D eigenvalue weighted by Gasteiger charge is 2.13. The SMILES string of the molecule is COc1cc(C)c(NC(=O)c2ncn[nH]2)cc1OC. The van der Waals surface area contributed by atoms with E-state index >= 15 is 0 Å². The number of ether oxygens (including phenoxy) is 2. The summed E-state index contributed by atoms with van der Waals surface area (Å²) in [7, 11) is 3.10. The number of benzene rings is 1. The molecule has 1 heterocycles. The smallest absolute Gasteiger partial charge is 0.292 e. The number of methoxy groups -OCH3 is 2. The van der Waals surface area contributed by atoms with Crippen molar-refractivity contribution < 1.29 is 14.3 Å². The molecule has 1 aromatic heterocycles. The molecule has 19 heavy (non-hydrogen) atoms. The van der Waals surface area contributed by atoms with Crippen LogP contribution in [-0.4, -0.2) is 35.3 Å². The lowest BCUT2D eigenvalue weighted by Gasteiger charge is -2.13. The van der Waals surface area contributed by atoms with Crippen LogP contribution in [0, 0.1) is 6.92 Å². The molecular weight excluding hydrogens is 248 g/mol. The molecule has 0 aliphatic rings. The molecule has 1 amide bonds. The average Bonchev–Trinajstić information content (AvgIpc) is 2.94. The van der Waals surface area contributed by atoms with Crippen molar-refractivity contribution in [3.05, 3.63) is 29.8 Å². The molecule has 0 spiro atoms. The van der Waals surface area contributed by atoms with Gasteiger partial charge in [0.15, 0.2) is 11.5 Å². The van der Waals surface area contributed by atoms with Gasteiger partial charge in [0.2, 0.25) is 5.82 Å². The highest BCUT2D eigenvalue weighted by Crippen LogP contribution is 2.32. The molecule has 2 aromatic rings. The maximum Gasteiger partial charge on any atom is 0.292 e. The number of aromatic amines is 1. The van der Waals surface area contributed by atoms with Gasteiger partial charge in [-0.05, 0) is 18.6 Å². The number of hydrogen-bond donors (Lipinski definition) is 2.